The van der Waals surface area contributed by atoms with Crippen LogP contribution in [0.4, 0.5) is 4.79 Å². The van der Waals surface area contributed by atoms with Gasteiger partial charge in [-0.25, -0.2) is 4.79 Å². The summed E-state index contributed by atoms with van der Waals surface area (Å²) in [6, 6.07) is -0.235. The Kier molecular flexibility index (Phi) is 5.80. The minimum absolute atomic E-state index is 0.00556. The monoisotopic (exact) mass is 285 g/mol. The molecule has 1 aliphatic rings. The lowest BCUT2D eigenvalue weighted by molar-refractivity contribution is -0.137. The molecule has 1 saturated carbocycles. The van der Waals surface area contributed by atoms with Crippen LogP contribution in [0, 0.1) is 0 Å². The van der Waals surface area contributed by atoms with Crippen molar-refractivity contribution in [2.75, 3.05) is 6.54 Å². The number of aliphatic carboxylic acids is 1. The molecular weight excluding hydrogens is 258 g/mol. The molecule has 2 amide bonds. The molecule has 0 bridgehead atoms. The molecule has 0 spiro atoms. The lowest BCUT2D eigenvalue weighted by Gasteiger charge is -2.38. The zero-order chi connectivity index (χ0) is 15.3. The second kappa shape index (κ2) is 6.92. The molecule has 0 aromatic carbocycles. The number of rotatable bonds is 4. The van der Waals surface area contributed by atoms with Gasteiger partial charge in [0.25, 0.3) is 0 Å². The van der Waals surface area contributed by atoms with E-state index in [1.54, 1.807) is 4.90 Å². The molecule has 0 aromatic rings. The van der Waals surface area contributed by atoms with E-state index in [4.69, 9.17) is 10.8 Å². The Labute approximate surface area is 120 Å². The van der Waals surface area contributed by atoms with Gasteiger partial charge in [0.05, 0.1) is 6.42 Å². The van der Waals surface area contributed by atoms with Gasteiger partial charge < -0.3 is 21.1 Å². The molecular formula is C14H27N3O3. The van der Waals surface area contributed by atoms with E-state index in [2.05, 4.69) is 5.32 Å². The van der Waals surface area contributed by atoms with Gasteiger partial charge in [-0.3, -0.25) is 4.79 Å². The Hall–Kier alpha value is -1.30. The number of nitrogens with zero attached hydrogens (tertiary/aromatic N) is 1. The van der Waals surface area contributed by atoms with Crippen LogP contribution in [-0.2, 0) is 4.79 Å². The number of urea groups is 1. The summed E-state index contributed by atoms with van der Waals surface area (Å²) in [6.07, 6.45) is 3.94. The number of carbonyl (C=O) groups is 2. The van der Waals surface area contributed by atoms with Gasteiger partial charge >= 0.3 is 12.0 Å². The number of carboxylic acid groups (broad SMARTS) is 1. The molecule has 6 nitrogen and oxygen atoms in total. The van der Waals surface area contributed by atoms with Gasteiger partial charge in [0.1, 0.15) is 0 Å². The highest BCUT2D eigenvalue weighted by Gasteiger charge is 2.30. The first-order chi connectivity index (χ1) is 9.21. The fourth-order valence-electron chi connectivity index (χ4n) is 2.52. The number of hydrogen-bond donors (Lipinski definition) is 3. The summed E-state index contributed by atoms with van der Waals surface area (Å²) in [5.74, 6) is -0.901. The fourth-order valence-corrected chi connectivity index (χ4v) is 2.52. The molecule has 1 rings (SSSR count). The highest BCUT2D eigenvalue weighted by atomic mass is 16.4. The Bertz CT molecular complexity index is 352. The molecule has 4 N–H and O–H groups in total. The number of nitrogens with two attached hydrogens (primary N) is 1. The van der Waals surface area contributed by atoms with Gasteiger partial charge in [0.2, 0.25) is 0 Å². The first-order valence-corrected chi connectivity index (χ1v) is 7.27. The average Bonchev–Trinajstić information content (AvgIpc) is 2.30. The van der Waals surface area contributed by atoms with Crippen LogP contribution in [0.3, 0.4) is 0 Å². The minimum Gasteiger partial charge on any atom is -0.481 e. The number of hydrogen-bond acceptors (Lipinski definition) is 3. The maximum absolute atomic E-state index is 12.4. The predicted octanol–water partition coefficient (Wildman–Crippen LogP) is 1.54. The van der Waals surface area contributed by atoms with Crippen LogP contribution in [0.25, 0.3) is 0 Å². The second-order valence-corrected chi connectivity index (χ2v) is 6.47. The Morgan fingerprint density at radius 2 is 1.90 bits per heavy atom. The SMILES string of the molecule is CC(C)(C)N(CCC(=O)O)C(=O)NC1CCCCC1N. The number of carbonyl (C=O) groups excluding carboxylic acids is 1. The standard InChI is InChI=1S/C14H27N3O3/c1-14(2,3)17(9-8-12(18)19)13(20)16-11-7-5-4-6-10(11)15/h10-11H,4-9,15H2,1-3H3,(H,16,20)(H,18,19). The van der Waals surface area contributed by atoms with Crippen molar-refractivity contribution in [3.05, 3.63) is 0 Å². The van der Waals surface area contributed by atoms with Crippen LogP contribution in [0.2, 0.25) is 0 Å². The Balaban J connectivity index is 2.65. The minimum atomic E-state index is -0.901. The number of nitrogens with one attached hydrogen (secondary N) is 1. The summed E-state index contributed by atoms with van der Waals surface area (Å²) in [5, 5.41) is 11.8. The van der Waals surface area contributed by atoms with Crippen LogP contribution < -0.4 is 11.1 Å². The van der Waals surface area contributed by atoms with Crippen LogP contribution in [0.15, 0.2) is 0 Å². The summed E-state index contributed by atoms with van der Waals surface area (Å²) in [7, 11) is 0. The van der Waals surface area contributed by atoms with Gasteiger partial charge in [0, 0.05) is 24.2 Å². The largest absolute Gasteiger partial charge is 0.481 e. The Morgan fingerprint density at radius 3 is 2.40 bits per heavy atom. The van der Waals surface area contributed by atoms with E-state index in [9.17, 15) is 9.59 Å². The van der Waals surface area contributed by atoms with E-state index in [0.29, 0.717) is 0 Å². The maximum atomic E-state index is 12.4. The van der Waals surface area contributed by atoms with E-state index in [-0.39, 0.29) is 31.1 Å². The zero-order valence-corrected chi connectivity index (χ0v) is 12.7. The van der Waals surface area contributed by atoms with Gasteiger partial charge in [-0.1, -0.05) is 12.8 Å². The van der Waals surface area contributed by atoms with Gasteiger partial charge in [-0.15, -0.1) is 0 Å². The van der Waals surface area contributed by atoms with Gasteiger partial charge in [0.15, 0.2) is 0 Å². The molecule has 116 valence electrons. The molecule has 0 saturated heterocycles. The third-order valence-corrected chi connectivity index (χ3v) is 3.73. The summed E-state index contributed by atoms with van der Waals surface area (Å²) >= 11 is 0. The topological polar surface area (TPSA) is 95.7 Å². The highest BCUT2D eigenvalue weighted by molar-refractivity contribution is 5.76. The molecule has 6 heteroatoms. The van der Waals surface area contributed by atoms with Crippen LogP contribution in [-0.4, -0.2) is 46.2 Å². The molecule has 0 aromatic heterocycles. The van der Waals surface area contributed by atoms with Crippen LogP contribution in [0.1, 0.15) is 52.9 Å². The summed E-state index contributed by atoms with van der Waals surface area (Å²) in [5.41, 5.74) is 5.61. The molecule has 0 heterocycles. The van der Waals surface area contributed by atoms with Gasteiger partial charge in [-0.05, 0) is 33.6 Å². The highest BCUT2D eigenvalue weighted by Crippen LogP contribution is 2.19. The summed E-state index contributed by atoms with van der Waals surface area (Å²) in [6.45, 7) is 5.90. The van der Waals surface area contributed by atoms with E-state index in [1.165, 1.54) is 0 Å². The third-order valence-electron chi connectivity index (χ3n) is 3.73. The molecule has 1 fully saturated rings. The fraction of sp³-hybridized carbons (Fsp3) is 0.857. The zero-order valence-electron chi connectivity index (χ0n) is 12.7. The van der Waals surface area contributed by atoms with E-state index < -0.39 is 11.5 Å². The van der Waals surface area contributed by atoms with E-state index in [0.717, 1.165) is 25.7 Å². The molecule has 0 radical (unpaired) electrons. The average molecular weight is 285 g/mol. The lowest BCUT2D eigenvalue weighted by atomic mass is 9.91. The quantitative estimate of drug-likeness (QED) is 0.730. The number of amides is 2. The van der Waals surface area contributed by atoms with Crippen molar-refractivity contribution >= 4 is 12.0 Å². The van der Waals surface area contributed by atoms with Crippen molar-refractivity contribution in [2.24, 2.45) is 5.73 Å². The van der Waals surface area contributed by atoms with Crippen molar-refractivity contribution in [1.82, 2.24) is 10.2 Å². The normalized spacial score (nSPS) is 23.2. The molecule has 0 aliphatic heterocycles. The van der Waals surface area contributed by atoms with Crippen molar-refractivity contribution in [1.29, 1.82) is 0 Å². The molecule has 1 aliphatic carbocycles. The van der Waals surface area contributed by atoms with E-state index >= 15 is 0 Å². The summed E-state index contributed by atoms with van der Waals surface area (Å²) in [4.78, 5) is 24.7. The van der Waals surface area contributed by atoms with Crippen molar-refractivity contribution in [3.63, 3.8) is 0 Å². The van der Waals surface area contributed by atoms with Crippen molar-refractivity contribution in [3.8, 4) is 0 Å². The predicted molar refractivity (Wildman–Crippen MR) is 77.5 cm³/mol. The molecule has 2 unspecified atom stereocenters. The summed E-state index contributed by atoms with van der Waals surface area (Å²) < 4.78 is 0. The smallest absolute Gasteiger partial charge is 0.318 e. The third kappa shape index (κ3) is 5.00. The first kappa shape index (κ1) is 16.8. The lowest BCUT2D eigenvalue weighted by Crippen LogP contribution is -2.57. The molecule has 2 atom stereocenters. The maximum Gasteiger partial charge on any atom is 0.318 e. The first-order valence-electron chi connectivity index (χ1n) is 7.27. The van der Waals surface area contributed by atoms with E-state index in [1.807, 2.05) is 20.8 Å². The van der Waals surface area contributed by atoms with Crippen LogP contribution >= 0.6 is 0 Å². The van der Waals surface area contributed by atoms with Crippen LogP contribution in [0.5, 0.6) is 0 Å². The molecule has 20 heavy (non-hydrogen) atoms. The second-order valence-electron chi connectivity index (χ2n) is 6.47. The van der Waals surface area contributed by atoms with Gasteiger partial charge in [-0.2, -0.15) is 0 Å². The van der Waals surface area contributed by atoms with Crippen molar-refractivity contribution in [2.45, 2.75) is 70.5 Å². The van der Waals surface area contributed by atoms with Crippen molar-refractivity contribution < 1.29 is 14.7 Å². The number of carboxylic acids is 1. The Morgan fingerprint density at radius 1 is 1.30 bits per heavy atom.